The van der Waals surface area contributed by atoms with Gasteiger partial charge in [0.25, 0.3) is 6.43 Å². The zero-order valence-corrected chi connectivity index (χ0v) is 15.9. The van der Waals surface area contributed by atoms with Gasteiger partial charge in [0.15, 0.2) is 5.65 Å². The topological polar surface area (TPSA) is 59.8 Å². The van der Waals surface area contributed by atoms with Crippen LogP contribution in [0.4, 0.5) is 14.5 Å². The minimum atomic E-state index is -2.61. The quantitative estimate of drug-likeness (QED) is 0.667. The molecule has 1 aromatic carbocycles. The number of pyridine rings is 1. The normalized spacial score (nSPS) is 14.0. The molecule has 0 aliphatic heterocycles. The van der Waals surface area contributed by atoms with Crippen LogP contribution in [0.1, 0.15) is 54.6 Å². The first-order valence-electron chi connectivity index (χ1n) is 9.51. The summed E-state index contributed by atoms with van der Waals surface area (Å²) < 4.78 is 28.7. The molecule has 2 aromatic heterocycles. The van der Waals surface area contributed by atoms with Gasteiger partial charge in [-0.2, -0.15) is 5.10 Å². The lowest BCUT2D eigenvalue weighted by atomic mass is 10.1. The van der Waals surface area contributed by atoms with Crippen LogP contribution in [0.15, 0.2) is 30.3 Å². The summed E-state index contributed by atoms with van der Waals surface area (Å²) in [4.78, 5) is 17.1. The minimum absolute atomic E-state index is 0.0498. The van der Waals surface area contributed by atoms with Crippen LogP contribution >= 0.6 is 0 Å². The molecule has 0 saturated heterocycles. The predicted molar refractivity (Wildman–Crippen MR) is 104 cm³/mol. The summed E-state index contributed by atoms with van der Waals surface area (Å²) in [6.45, 7) is 3.66. The summed E-state index contributed by atoms with van der Waals surface area (Å²) in [5.74, 6) is -0.0395. The third kappa shape index (κ3) is 3.61. The van der Waals surface area contributed by atoms with Gasteiger partial charge in [0, 0.05) is 22.9 Å². The number of carbonyl (C=O) groups is 1. The van der Waals surface area contributed by atoms with Crippen molar-refractivity contribution in [1.82, 2.24) is 14.8 Å². The molecule has 5 nitrogen and oxygen atoms in total. The van der Waals surface area contributed by atoms with Crippen LogP contribution in [0.2, 0.25) is 0 Å². The van der Waals surface area contributed by atoms with Crippen LogP contribution in [-0.4, -0.2) is 20.7 Å². The molecule has 2 heterocycles. The summed E-state index contributed by atoms with van der Waals surface area (Å²) in [5.41, 5.74) is 3.30. The van der Waals surface area contributed by atoms with Gasteiger partial charge in [0.1, 0.15) is 6.54 Å². The van der Waals surface area contributed by atoms with Crippen LogP contribution in [0.3, 0.4) is 0 Å². The van der Waals surface area contributed by atoms with Crippen molar-refractivity contribution in [2.45, 2.75) is 52.0 Å². The first kappa shape index (κ1) is 18.5. The molecule has 28 heavy (non-hydrogen) atoms. The standard InChI is InChI=1S/C21H22F2N4O/c1-3-13-4-8-15(9-5-13)24-18(28)11-27-21-19(12(2)26-27)16(20(22)23)10-17(25-21)14-6-7-14/h4-5,8-10,14,20H,3,6-7,11H2,1-2H3,(H,24,28). The number of alkyl halides is 2. The lowest BCUT2D eigenvalue weighted by Crippen LogP contribution is -2.20. The van der Waals surface area contributed by atoms with Crippen molar-refractivity contribution in [1.29, 1.82) is 0 Å². The van der Waals surface area contributed by atoms with Crippen LogP contribution in [0.5, 0.6) is 0 Å². The summed E-state index contributed by atoms with van der Waals surface area (Å²) in [6, 6.07) is 9.12. The highest BCUT2D eigenvalue weighted by atomic mass is 19.3. The third-order valence-electron chi connectivity index (χ3n) is 5.10. The third-order valence-corrected chi connectivity index (χ3v) is 5.10. The number of aryl methyl sites for hydroxylation is 2. The van der Waals surface area contributed by atoms with Gasteiger partial charge in [-0.3, -0.25) is 4.79 Å². The van der Waals surface area contributed by atoms with E-state index in [4.69, 9.17) is 0 Å². The molecule has 1 aliphatic rings. The Labute approximate surface area is 161 Å². The van der Waals surface area contributed by atoms with E-state index in [0.29, 0.717) is 28.1 Å². The average molecular weight is 384 g/mol. The summed E-state index contributed by atoms with van der Waals surface area (Å²) in [5, 5.41) is 7.50. The number of nitrogens with zero attached hydrogens (tertiary/aromatic N) is 3. The van der Waals surface area contributed by atoms with Crippen molar-refractivity contribution in [3.05, 3.63) is 52.8 Å². The van der Waals surface area contributed by atoms with E-state index in [1.165, 1.54) is 16.3 Å². The number of amides is 1. The molecule has 0 spiro atoms. The average Bonchev–Trinajstić information content (AvgIpc) is 3.47. The van der Waals surface area contributed by atoms with Gasteiger partial charge in [-0.05, 0) is 49.9 Å². The fourth-order valence-corrected chi connectivity index (χ4v) is 3.44. The molecule has 3 aromatic rings. The Balaban J connectivity index is 1.63. The molecule has 4 rings (SSSR count). The molecule has 0 unspecified atom stereocenters. The number of anilines is 1. The highest BCUT2D eigenvalue weighted by Crippen LogP contribution is 2.41. The van der Waals surface area contributed by atoms with Gasteiger partial charge in [0.2, 0.25) is 5.91 Å². The monoisotopic (exact) mass is 384 g/mol. The Hall–Kier alpha value is -2.83. The number of halogens is 2. The number of carbonyl (C=O) groups excluding carboxylic acids is 1. The fraction of sp³-hybridized carbons (Fsp3) is 0.381. The highest BCUT2D eigenvalue weighted by molar-refractivity contribution is 5.92. The second kappa shape index (κ2) is 7.30. The van der Waals surface area contributed by atoms with E-state index in [-0.39, 0.29) is 23.9 Å². The van der Waals surface area contributed by atoms with E-state index >= 15 is 0 Å². The number of fused-ring (bicyclic) bond motifs is 1. The van der Waals surface area contributed by atoms with Gasteiger partial charge in [-0.1, -0.05) is 19.1 Å². The predicted octanol–water partition coefficient (Wildman–Crippen LogP) is 4.76. The van der Waals surface area contributed by atoms with E-state index in [9.17, 15) is 13.6 Å². The van der Waals surface area contributed by atoms with E-state index in [1.807, 2.05) is 24.3 Å². The Morgan fingerprint density at radius 3 is 2.61 bits per heavy atom. The molecule has 1 amide bonds. The maximum absolute atomic E-state index is 13.6. The van der Waals surface area contributed by atoms with Gasteiger partial charge in [-0.25, -0.2) is 18.4 Å². The van der Waals surface area contributed by atoms with Crippen LogP contribution in [0.25, 0.3) is 11.0 Å². The largest absolute Gasteiger partial charge is 0.324 e. The molecule has 1 saturated carbocycles. The molecule has 146 valence electrons. The van der Waals surface area contributed by atoms with Crippen molar-refractivity contribution < 1.29 is 13.6 Å². The Morgan fingerprint density at radius 1 is 1.29 bits per heavy atom. The van der Waals surface area contributed by atoms with Crippen LogP contribution in [0, 0.1) is 6.92 Å². The number of hydrogen-bond donors (Lipinski definition) is 1. The van der Waals surface area contributed by atoms with Crippen molar-refractivity contribution >= 4 is 22.6 Å². The molecule has 0 radical (unpaired) electrons. The number of benzene rings is 1. The summed E-state index contributed by atoms with van der Waals surface area (Å²) in [6.07, 6.45) is 0.240. The zero-order chi connectivity index (χ0) is 19.8. The first-order valence-corrected chi connectivity index (χ1v) is 9.51. The van der Waals surface area contributed by atoms with Crippen molar-refractivity contribution in [2.75, 3.05) is 5.32 Å². The number of aromatic nitrogens is 3. The van der Waals surface area contributed by atoms with E-state index in [1.54, 1.807) is 6.92 Å². The second-order valence-corrected chi connectivity index (χ2v) is 7.25. The molecule has 0 bridgehead atoms. The van der Waals surface area contributed by atoms with E-state index in [2.05, 4.69) is 22.3 Å². The molecule has 7 heteroatoms. The highest BCUT2D eigenvalue weighted by Gasteiger charge is 2.29. The molecular formula is C21H22F2N4O. The number of hydrogen-bond acceptors (Lipinski definition) is 3. The van der Waals surface area contributed by atoms with Crippen molar-refractivity contribution in [3.63, 3.8) is 0 Å². The number of rotatable bonds is 6. The lowest BCUT2D eigenvalue weighted by molar-refractivity contribution is -0.116. The molecule has 1 fully saturated rings. The van der Waals surface area contributed by atoms with Crippen molar-refractivity contribution in [3.8, 4) is 0 Å². The zero-order valence-electron chi connectivity index (χ0n) is 15.9. The van der Waals surface area contributed by atoms with Crippen LogP contribution < -0.4 is 5.32 Å². The Kier molecular flexibility index (Phi) is 4.83. The SMILES string of the molecule is CCc1ccc(NC(=O)Cn2nc(C)c3c(C(F)F)cc(C4CC4)nc32)cc1. The molecule has 1 aliphatic carbocycles. The molecular weight excluding hydrogens is 362 g/mol. The first-order chi connectivity index (χ1) is 13.5. The van der Waals surface area contributed by atoms with Gasteiger partial charge in [0.05, 0.1) is 11.1 Å². The lowest BCUT2D eigenvalue weighted by Gasteiger charge is -2.09. The number of nitrogens with one attached hydrogen (secondary N) is 1. The Bertz CT molecular complexity index is 1020. The molecule has 1 N–H and O–H groups in total. The van der Waals surface area contributed by atoms with Gasteiger partial charge >= 0.3 is 0 Å². The van der Waals surface area contributed by atoms with Crippen LogP contribution in [-0.2, 0) is 17.8 Å². The summed E-state index contributed by atoms with van der Waals surface area (Å²) in [7, 11) is 0. The van der Waals surface area contributed by atoms with Crippen molar-refractivity contribution in [2.24, 2.45) is 0 Å². The second-order valence-electron chi connectivity index (χ2n) is 7.25. The van der Waals surface area contributed by atoms with Gasteiger partial charge < -0.3 is 5.32 Å². The fourth-order valence-electron chi connectivity index (χ4n) is 3.44. The molecule has 0 atom stereocenters. The smallest absolute Gasteiger partial charge is 0.264 e. The van der Waals surface area contributed by atoms with Gasteiger partial charge in [-0.15, -0.1) is 0 Å². The van der Waals surface area contributed by atoms with E-state index < -0.39 is 6.43 Å². The maximum Gasteiger partial charge on any atom is 0.264 e. The maximum atomic E-state index is 13.6. The Morgan fingerprint density at radius 2 is 2.00 bits per heavy atom. The van der Waals surface area contributed by atoms with E-state index in [0.717, 1.165) is 19.3 Å². The summed E-state index contributed by atoms with van der Waals surface area (Å²) >= 11 is 0. The minimum Gasteiger partial charge on any atom is -0.324 e.